The fourth-order valence-electron chi connectivity index (χ4n) is 3.04. The second-order valence-electron chi connectivity index (χ2n) is 5.37. The third-order valence-electron chi connectivity index (χ3n) is 4.20. The van der Waals surface area contributed by atoms with E-state index in [1.54, 1.807) is 0 Å². The van der Waals surface area contributed by atoms with Crippen molar-refractivity contribution in [2.75, 3.05) is 33.3 Å². The molecule has 0 saturated carbocycles. The van der Waals surface area contributed by atoms with Crippen LogP contribution in [0.25, 0.3) is 0 Å². The smallest absolute Gasteiger partial charge is 0.0859 e. The van der Waals surface area contributed by atoms with Crippen molar-refractivity contribution >= 4 is 0 Å². The van der Waals surface area contributed by atoms with Gasteiger partial charge in [0.2, 0.25) is 0 Å². The number of piperidine rings is 1. The van der Waals surface area contributed by atoms with Crippen LogP contribution in [0.5, 0.6) is 0 Å². The van der Waals surface area contributed by atoms with E-state index >= 15 is 0 Å². The molecular weight excluding hydrogens is 200 g/mol. The Morgan fingerprint density at radius 3 is 2.81 bits per heavy atom. The first kappa shape index (κ1) is 12.3. The van der Waals surface area contributed by atoms with Crippen molar-refractivity contribution in [2.45, 2.75) is 50.7 Å². The van der Waals surface area contributed by atoms with Crippen molar-refractivity contribution in [3.63, 3.8) is 0 Å². The normalized spacial score (nSPS) is 30.8. The minimum Gasteiger partial charge on any atom is -0.372 e. The highest BCUT2D eigenvalue weighted by molar-refractivity contribution is 4.98. The van der Waals surface area contributed by atoms with E-state index in [9.17, 15) is 0 Å². The molecule has 2 rings (SSSR count). The summed E-state index contributed by atoms with van der Waals surface area (Å²) >= 11 is 0. The maximum Gasteiger partial charge on any atom is 0.0859 e. The molecule has 16 heavy (non-hydrogen) atoms. The van der Waals surface area contributed by atoms with Gasteiger partial charge in [-0.3, -0.25) is 0 Å². The minimum atomic E-state index is 0.153. The van der Waals surface area contributed by atoms with E-state index in [-0.39, 0.29) is 5.60 Å². The molecular formula is C13H26N2O. The highest BCUT2D eigenvalue weighted by Crippen LogP contribution is 2.33. The Bertz CT molecular complexity index is 212. The molecule has 1 unspecified atom stereocenters. The number of hydrogen-bond acceptors (Lipinski definition) is 3. The van der Waals surface area contributed by atoms with E-state index in [4.69, 9.17) is 4.74 Å². The highest BCUT2D eigenvalue weighted by atomic mass is 16.5. The van der Waals surface area contributed by atoms with Crippen molar-refractivity contribution in [2.24, 2.45) is 0 Å². The van der Waals surface area contributed by atoms with Crippen molar-refractivity contribution in [3.8, 4) is 0 Å². The molecule has 1 atom stereocenters. The molecule has 0 aromatic heterocycles. The van der Waals surface area contributed by atoms with Crippen molar-refractivity contribution < 1.29 is 4.74 Å². The Morgan fingerprint density at radius 1 is 1.38 bits per heavy atom. The average molecular weight is 226 g/mol. The van der Waals surface area contributed by atoms with E-state index < -0.39 is 0 Å². The summed E-state index contributed by atoms with van der Waals surface area (Å²) in [5.41, 5.74) is 0.153. The lowest BCUT2D eigenvalue weighted by Gasteiger charge is -2.48. The zero-order valence-corrected chi connectivity index (χ0v) is 10.8. The van der Waals surface area contributed by atoms with Crippen LogP contribution in [0.1, 0.15) is 39.0 Å². The lowest BCUT2D eigenvalue weighted by atomic mass is 9.81. The van der Waals surface area contributed by atoms with Crippen LogP contribution in [0.4, 0.5) is 0 Å². The summed E-state index contributed by atoms with van der Waals surface area (Å²) < 4.78 is 6.18. The number of unbranched alkanes of at least 4 members (excludes halogenated alkanes) is 1. The predicted octanol–water partition coefficient (Wildman–Crippen LogP) is 1.63. The fraction of sp³-hybridized carbons (Fsp3) is 1.00. The molecule has 0 radical (unpaired) electrons. The number of nitrogens with one attached hydrogen (secondary N) is 1. The second kappa shape index (κ2) is 5.48. The van der Waals surface area contributed by atoms with Crippen LogP contribution in [0.2, 0.25) is 0 Å². The van der Waals surface area contributed by atoms with Gasteiger partial charge in [0, 0.05) is 25.7 Å². The number of likely N-dealkylation sites (tertiary alicyclic amines) is 1. The van der Waals surface area contributed by atoms with E-state index in [1.165, 1.54) is 45.2 Å². The largest absolute Gasteiger partial charge is 0.372 e. The summed E-state index contributed by atoms with van der Waals surface area (Å²) in [7, 11) is 2.21. The number of hydrogen-bond donors (Lipinski definition) is 1. The Balaban J connectivity index is 1.97. The summed E-state index contributed by atoms with van der Waals surface area (Å²) in [6, 6.07) is 0.592. The van der Waals surface area contributed by atoms with Crippen LogP contribution in [0.15, 0.2) is 0 Å². The van der Waals surface area contributed by atoms with Gasteiger partial charge in [-0.25, -0.2) is 0 Å². The number of rotatable bonds is 3. The molecule has 1 N–H and O–H groups in total. The Hall–Kier alpha value is -0.120. The molecule has 2 heterocycles. The zero-order chi connectivity index (χ0) is 11.4. The van der Waals surface area contributed by atoms with E-state index in [0.29, 0.717) is 6.04 Å². The van der Waals surface area contributed by atoms with E-state index in [1.807, 2.05) is 0 Å². The van der Waals surface area contributed by atoms with Crippen LogP contribution in [0.3, 0.4) is 0 Å². The van der Waals surface area contributed by atoms with Gasteiger partial charge in [-0.05, 0) is 26.3 Å². The predicted molar refractivity (Wildman–Crippen MR) is 66.7 cm³/mol. The van der Waals surface area contributed by atoms with Crippen LogP contribution in [0, 0.1) is 0 Å². The van der Waals surface area contributed by atoms with Gasteiger partial charge in [0.05, 0.1) is 12.2 Å². The summed E-state index contributed by atoms with van der Waals surface area (Å²) in [4.78, 5) is 2.42. The van der Waals surface area contributed by atoms with Gasteiger partial charge < -0.3 is 15.0 Å². The topological polar surface area (TPSA) is 24.5 Å². The molecule has 94 valence electrons. The SMILES string of the molecule is CCCCC1NCCOC12CCN(C)CC2. The first-order valence-electron chi connectivity index (χ1n) is 6.83. The standard InChI is InChI=1S/C13H26N2O/c1-3-4-5-12-13(16-11-8-14-12)6-9-15(2)10-7-13/h12,14H,3-11H2,1-2H3. The van der Waals surface area contributed by atoms with E-state index in [0.717, 1.165) is 13.2 Å². The molecule has 0 aromatic rings. The van der Waals surface area contributed by atoms with Gasteiger partial charge in [-0.15, -0.1) is 0 Å². The second-order valence-corrected chi connectivity index (χ2v) is 5.37. The summed E-state index contributed by atoms with van der Waals surface area (Å²) in [5, 5.41) is 3.69. The molecule has 3 nitrogen and oxygen atoms in total. The summed E-state index contributed by atoms with van der Waals surface area (Å²) in [6.07, 6.45) is 6.28. The molecule has 2 saturated heterocycles. The number of nitrogens with zero attached hydrogens (tertiary/aromatic N) is 1. The number of ether oxygens (including phenoxy) is 1. The molecule has 2 fully saturated rings. The molecule has 1 spiro atoms. The minimum absolute atomic E-state index is 0.153. The quantitative estimate of drug-likeness (QED) is 0.791. The van der Waals surface area contributed by atoms with Gasteiger partial charge in [0.25, 0.3) is 0 Å². The maximum absolute atomic E-state index is 6.18. The lowest BCUT2D eigenvalue weighted by Crippen LogP contribution is -2.61. The first-order chi connectivity index (χ1) is 7.77. The van der Waals surface area contributed by atoms with Crippen molar-refractivity contribution in [1.29, 1.82) is 0 Å². The van der Waals surface area contributed by atoms with Crippen molar-refractivity contribution in [1.82, 2.24) is 10.2 Å². The zero-order valence-electron chi connectivity index (χ0n) is 10.8. The lowest BCUT2D eigenvalue weighted by molar-refractivity contribution is -0.127. The molecule has 0 bridgehead atoms. The van der Waals surface area contributed by atoms with Crippen LogP contribution < -0.4 is 5.32 Å². The van der Waals surface area contributed by atoms with Crippen LogP contribution >= 0.6 is 0 Å². The summed E-state index contributed by atoms with van der Waals surface area (Å²) in [6.45, 7) is 6.57. The Kier molecular flexibility index (Phi) is 4.22. The van der Waals surface area contributed by atoms with Gasteiger partial charge in [0.15, 0.2) is 0 Å². The third kappa shape index (κ3) is 2.58. The molecule has 3 heteroatoms. The Labute approximate surface area is 99.5 Å². The van der Waals surface area contributed by atoms with Gasteiger partial charge in [-0.1, -0.05) is 19.8 Å². The van der Waals surface area contributed by atoms with Gasteiger partial charge in [0.1, 0.15) is 0 Å². The van der Waals surface area contributed by atoms with Gasteiger partial charge in [-0.2, -0.15) is 0 Å². The maximum atomic E-state index is 6.18. The molecule has 0 aliphatic carbocycles. The first-order valence-corrected chi connectivity index (χ1v) is 6.83. The van der Waals surface area contributed by atoms with Crippen LogP contribution in [-0.2, 0) is 4.74 Å². The average Bonchev–Trinajstić information content (AvgIpc) is 2.32. The van der Waals surface area contributed by atoms with Gasteiger partial charge >= 0.3 is 0 Å². The van der Waals surface area contributed by atoms with Crippen molar-refractivity contribution in [3.05, 3.63) is 0 Å². The Morgan fingerprint density at radius 2 is 2.12 bits per heavy atom. The van der Waals surface area contributed by atoms with E-state index in [2.05, 4.69) is 24.2 Å². The monoisotopic (exact) mass is 226 g/mol. The summed E-state index contributed by atoms with van der Waals surface area (Å²) in [5.74, 6) is 0. The van der Waals surface area contributed by atoms with Crippen LogP contribution in [-0.4, -0.2) is 49.8 Å². The molecule has 0 amide bonds. The third-order valence-corrected chi connectivity index (χ3v) is 4.20. The number of morpholine rings is 1. The fourth-order valence-corrected chi connectivity index (χ4v) is 3.04. The molecule has 0 aromatic carbocycles. The molecule has 2 aliphatic heterocycles. The molecule has 2 aliphatic rings. The highest BCUT2D eigenvalue weighted by Gasteiger charge is 2.43.